The number of ketones is 1. The summed E-state index contributed by atoms with van der Waals surface area (Å²) in [6.45, 7) is 3.59. The van der Waals surface area contributed by atoms with Gasteiger partial charge in [0, 0.05) is 23.6 Å². The van der Waals surface area contributed by atoms with Crippen molar-refractivity contribution in [3.8, 4) is 5.75 Å². The molecule has 1 unspecified atom stereocenters. The monoisotopic (exact) mass is 432 g/mol. The molecule has 1 aromatic heterocycles. The molecule has 3 aromatic rings. The zero-order chi connectivity index (χ0) is 23.0. The molecule has 0 aliphatic carbocycles. The number of carbonyl (C=O) groups is 2. The fourth-order valence-electron chi connectivity index (χ4n) is 3.99. The van der Waals surface area contributed by atoms with Crippen molar-refractivity contribution in [3.63, 3.8) is 0 Å². The van der Waals surface area contributed by atoms with E-state index in [9.17, 15) is 19.1 Å². The summed E-state index contributed by atoms with van der Waals surface area (Å²) in [7, 11) is 1.55. The van der Waals surface area contributed by atoms with Crippen LogP contribution in [0.4, 0.5) is 10.1 Å². The second-order valence-corrected chi connectivity index (χ2v) is 7.57. The second kappa shape index (κ2) is 8.26. The first kappa shape index (κ1) is 21.2. The number of aromatic nitrogens is 1. The number of halogens is 1. The first-order chi connectivity index (χ1) is 15.3. The van der Waals surface area contributed by atoms with Crippen molar-refractivity contribution in [1.29, 1.82) is 0 Å². The normalized spacial score (nSPS) is 17.6. The molecule has 6 nitrogen and oxygen atoms in total. The molecule has 1 saturated heterocycles. The van der Waals surface area contributed by atoms with Gasteiger partial charge in [-0.05, 0) is 66.9 Å². The van der Waals surface area contributed by atoms with Gasteiger partial charge in [0.25, 0.3) is 11.7 Å². The molecule has 1 amide bonds. The largest absolute Gasteiger partial charge is 0.507 e. The number of anilines is 1. The first-order valence-corrected chi connectivity index (χ1v) is 9.95. The highest BCUT2D eigenvalue weighted by atomic mass is 19.1. The lowest BCUT2D eigenvalue weighted by atomic mass is 9.93. The standard InChI is InChI=1S/C25H21FN2O4/c1-14-11-20(32-3)15(2)10-19(14)23(29)21-22(16-6-5-9-27-13-16)28(25(31)24(21)30)18-8-4-7-17(26)12-18/h4-13,22,29H,1-3H3/b23-21+. The van der Waals surface area contributed by atoms with Gasteiger partial charge in [-0.2, -0.15) is 0 Å². The number of ether oxygens (including phenoxy) is 1. The van der Waals surface area contributed by atoms with E-state index in [4.69, 9.17) is 4.74 Å². The number of aryl methyl sites for hydroxylation is 2. The number of hydrogen-bond donors (Lipinski definition) is 1. The zero-order valence-electron chi connectivity index (χ0n) is 17.8. The summed E-state index contributed by atoms with van der Waals surface area (Å²) in [6, 6.07) is 11.3. The number of nitrogens with zero attached hydrogens (tertiary/aromatic N) is 2. The third-order valence-corrected chi connectivity index (χ3v) is 5.53. The highest BCUT2D eigenvalue weighted by molar-refractivity contribution is 6.51. The van der Waals surface area contributed by atoms with E-state index >= 15 is 0 Å². The summed E-state index contributed by atoms with van der Waals surface area (Å²) < 4.78 is 19.3. The minimum atomic E-state index is -0.965. The van der Waals surface area contributed by atoms with Crippen LogP contribution in [-0.4, -0.2) is 28.9 Å². The van der Waals surface area contributed by atoms with Crippen LogP contribution in [0.3, 0.4) is 0 Å². The Morgan fingerprint density at radius 3 is 2.53 bits per heavy atom. The van der Waals surface area contributed by atoms with Crippen LogP contribution in [0, 0.1) is 19.7 Å². The summed E-state index contributed by atoms with van der Waals surface area (Å²) in [4.78, 5) is 31.5. The number of aliphatic hydroxyl groups is 1. The summed E-state index contributed by atoms with van der Waals surface area (Å²) in [5, 5.41) is 11.3. The molecule has 1 N–H and O–H groups in total. The van der Waals surface area contributed by atoms with Gasteiger partial charge in [0.15, 0.2) is 0 Å². The number of benzene rings is 2. The molecule has 32 heavy (non-hydrogen) atoms. The third-order valence-electron chi connectivity index (χ3n) is 5.53. The molecule has 1 aliphatic rings. The van der Waals surface area contributed by atoms with Gasteiger partial charge in [-0.15, -0.1) is 0 Å². The summed E-state index contributed by atoms with van der Waals surface area (Å²) in [5.41, 5.74) is 2.49. The Balaban J connectivity index is 1.97. The zero-order valence-corrected chi connectivity index (χ0v) is 17.8. The molecule has 1 fully saturated rings. The van der Waals surface area contributed by atoms with Crippen molar-refractivity contribution in [3.05, 3.63) is 94.6 Å². The van der Waals surface area contributed by atoms with Gasteiger partial charge in [-0.1, -0.05) is 12.1 Å². The van der Waals surface area contributed by atoms with Crippen LogP contribution in [0.1, 0.15) is 28.3 Å². The van der Waals surface area contributed by atoms with Crippen molar-refractivity contribution < 1.29 is 23.8 Å². The molecule has 2 heterocycles. The van der Waals surface area contributed by atoms with Crippen molar-refractivity contribution in [2.45, 2.75) is 19.9 Å². The van der Waals surface area contributed by atoms with E-state index in [1.54, 1.807) is 50.6 Å². The van der Waals surface area contributed by atoms with Gasteiger partial charge < -0.3 is 9.84 Å². The molecule has 0 spiro atoms. The van der Waals surface area contributed by atoms with E-state index < -0.39 is 23.5 Å². The predicted molar refractivity (Wildman–Crippen MR) is 118 cm³/mol. The lowest BCUT2D eigenvalue weighted by Gasteiger charge is -2.25. The molecule has 1 atom stereocenters. The molecular weight excluding hydrogens is 411 g/mol. The summed E-state index contributed by atoms with van der Waals surface area (Å²) in [6.07, 6.45) is 3.08. The number of rotatable bonds is 4. The van der Waals surface area contributed by atoms with Gasteiger partial charge in [-0.25, -0.2) is 4.39 Å². The average molecular weight is 432 g/mol. The maximum absolute atomic E-state index is 14.0. The maximum atomic E-state index is 14.0. The number of Topliss-reactive ketones (excluding diaryl/α,β-unsaturated/α-hetero) is 1. The minimum absolute atomic E-state index is 0.0834. The SMILES string of the molecule is COc1cc(C)c(/C(O)=C2\C(=O)C(=O)N(c3cccc(F)c3)C2c2cccnc2)cc1C. The van der Waals surface area contributed by atoms with E-state index in [2.05, 4.69) is 4.98 Å². The van der Waals surface area contributed by atoms with Gasteiger partial charge in [0.05, 0.1) is 18.7 Å². The average Bonchev–Trinajstić information content (AvgIpc) is 3.05. The summed E-state index contributed by atoms with van der Waals surface area (Å²) >= 11 is 0. The van der Waals surface area contributed by atoms with E-state index in [1.807, 2.05) is 6.92 Å². The van der Waals surface area contributed by atoms with Crippen LogP contribution in [-0.2, 0) is 9.59 Å². The van der Waals surface area contributed by atoms with Crippen molar-refractivity contribution in [2.75, 3.05) is 12.0 Å². The van der Waals surface area contributed by atoms with Gasteiger partial charge >= 0.3 is 0 Å². The molecule has 4 rings (SSSR count). The molecule has 7 heteroatoms. The number of hydrogen-bond acceptors (Lipinski definition) is 5. The van der Waals surface area contributed by atoms with Crippen molar-refractivity contribution in [2.24, 2.45) is 0 Å². The fraction of sp³-hybridized carbons (Fsp3) is 0.160. The van der Waals surface area contributed by atoms with E-state index in [1.165, 1.54) is 29.3 Å². The van der Waals surface area contributed by atoms with Gasteiger partial charge in [-0.3, -0.25) is 19.5 Å². The first-order valence-electron chi connectivity index (χ1n) is 9.95. The predicted octanol–water partition coefficient (Wildman–Crippen LogP) is 4.47. The van der Waals surface area contributed by atoms with E-state index in [0.29, 0.717) is 22.4 Å². The Kier molecular flexibility index (Phi) is 5.48. The fourth-order valence-corrected chi connectivity index (χ4v) is 3.99. The minimum Gasteiger partial charge on any atom is -0.507 e. The quantitative estimate of drug-likeness (QED) is 0.374. The molecule has 0 radical (unpaired) electrons. The van der Waals surface area contributed by atoms with Crippen LogP contribution >= 0.6 is 0 Å². The molecule has 1 aliphatic heterocycles. The van der Waals surface area contributed by atoms with Gasteiger partial charge in [0.1, 0.15) is 17.3 Å². The van der Waals surface area contributed by atoms with Crippen LogP contribution < -0.4 is 9.64 Å². The van der Waals surface area contributed by atoms with Gasteiger partial charge in [0.2, 0.25) is 0 Å². The lowest BCUT2D eigenvalue weighted by molar-refractivity contribution is -0.132. The summed E-state index contributed by atoms with van der Waals surface area (Å²) in [5.74, 6) is -1.92. The number of carbonyl (C=O) groups excluding carboxylic acids is 2. The number of amides is 1. The molecule has 162 valence electrons. The smallest absolute Gasteiger partial charge is 0.300 e. The molecule has 0 bridgehead atoms. The van der Waals surface area contributed by atoms with Crippen LogP contribution in [0.15, 0.2) is 66.5 Å². The number of methoxy groups -OCH3 is 1. The lowest BCUT2D eigenvalue weighted by Crippen LogP contribution is -2.29. The molecular formula is C25H21FN2O4. The maximum Gasteiger partial charge on any atom is 0.300 e. The number of aliphatic hydroxyl groups excluding tert-OH is 1. The van der Waals surface area contributed by atoms with E-state index in [-0.39, 0.29) is 17.0 Å². The Morgan fingerprint density at radius 1 is 1.09 bits per heavy atom. The topological polar surface area (TPSA) is 79.7 Å². The highest BCUT2D eigenvalue weighted by Crippen LogP contribution is 2.42. The third kappa shape index (κ3) is 3.51. The Hall–Kier alpha value is -4.00. The number of pyridine rings is 1. The molecule has 2 aromatic carbocycles. The Bertz CT molecular complexity index is 1250. The van der Waals surface area contributed by atoms with Crippen molar-refractivity contribution in [1.82, 2.24) is 4.98 Å². The van der Waals surface area contributed by atoms with Crippen LogP contribution in [0.5, 0.6) is 5.75 Å². The van der Waals surface area contributed by atoms with Crippen LogP contribution in [0.25, 0.3) is 5.76 Å². The van der Waals surface area contributed by atoms with E-state index in [0.717, 1.165) is 5.56 Å². The molecule has 0 saturated carbocycles. The Morgan fingerprint density at radius 2 is 1.88 bits per heavy atom. The van der Waals surface area contributed by atoms with Crippen LogP contribution in [0.2, 0.25) is 0 Å². The Labute approximate surface area is 184 Å². The second-order valence-electron chi connectivity index (χ2n) is 7.57. The van der Waals surface area contributed by atoms with Crippen molar-refractivity contribution >= 4 is 23.1 Å². The highest BCUT2D eigenvalue weighted by Gasteiger charge is 2.47.